The Labute approximate surface area is 135 Å². The molecule has 0 spiro atoms. The molecule has 0 unspecified atom stereocenters. The molecule has 1 aliphatic heterocycles. The zero-order valence-corrected chi connectivity index (χ0v) is 13.5. The number of hydrogen-bond acceptors (Lipinski definition) is 5. The molecule has 0 amide bonds. The molecule has 1 N–H and O–H groups in total. The third-order valence-corrected chi connectivity index (χ3v) is 6.16. The number of non-ortho nitro benzene ring substituents is 1. The summed E-state index contributed by atoms with van der Waals surface area (Å²) < 4.78 is 27.1. The molecule has 2 aliphatic rings. The summed E-state index contributed by atoms with van der Waals surface area (Å²) in [7, 11) is -3.72. The maximum Gasteiger partial charge on any atom is 0.270 e. The lowest BCUT2D eigenvalue weighted by atomic mass is 10.2. The van der Waals surface area contributed by atoms with Gasteiger partial charge in [-0.05, 0) is 31.7 Å². The molecule has 3 rings (SSSR count). The summed E-state index contributed by atoms with van der Waals surface area (Å²) in [6.45, 7) is 0.935. The Morgan fingerprint density at radius 1 is 1.17 bits per heavy atom. The maximum absolute atomic E-state index is 12.9. The number of rotatable bonds is 5. The van der Waals surface area contributed by atoms with Crippen LogP contribution in [-0.4, -0.2) is 36.8 Å². The van der Waals surface area contributed by atoms with Gasteiger partial charge < -0.3 is 5.32 Å². The van der Waals surface area contributed by atoms with E-state index in [2.05, 4.69) is 5.32 Å². The Morgan fingerprint density at radius 2 is 1.83 bits per heavy atom. The molecule has 1 heterocycles. The van der Waals surface area contributed by atoms with E-state index in [9.17, 15) is 18.5 Å². The van der Waals surface area contributed by atoms with Crippen LogP contribution in [0.25, 0.3) is 0 Å². The van der Waals surface area contributed by atoms with Gasteiger partial charge in [0.1, 0.15) is 4.90 Å². The zero-order chi connectivity index (χ0) is 16.4. The highest BCUT2D eigenvalue weighted by atomic mass is 32.2. The minimum atomic E-state index is -3.72. The van der Waals surface area contributed by atoms with Gasteiger partial charge in [-0.3, -0.25) is 10.1 Å². The highest BCUT2D eigenvalue weighted by Crippen LogP contribution is 2.32. The van der Waals surface area contributed by atoms with Crippen LogP contribution in [0.4, 0.5) is 11.4 Å². The normalized spacial score (nSPS) is 19.3. The second-order valence-corrected chi connectivity index (χ2v) is 7.74. The van der Waals surface area contributed by atoms with Crippen LogP contribution < -0.4 is 5.32 Å². The van der Waals surface area contributed by atoms with E-state index in [1.165, 1.54) is 22.5 Å². The molecular formula is C15H19N3O4S. The molecule has 0 atom stereocenters. The number of benzene rings is 1. The fourth-order valence-corrected chi connectivity index (χ4v) is 4.67. The number of nitro benzene ring substituents is 1. The van der Waals surface area contributed by atoms with Crippen LogP contribution in [0.2, 0.25) is 0 Å². The standard InChI is InChI=1S/C15H19N3O4S/c19-18(20)13-7-8-14(16-12-5-1-2-6-12)15(11-13)23(21,22)17-9-3-4-10-17/h1-2,7-8,11-12,16H,3-6,9-10H2. The van der Waals surface area contributed by atoms with Crippen molar-refractivity contribution < 1.29 is 13.3 Å². The van der Waals surface area contributed by atoms with Crippen LogP contribution >= 0.6 is 0 Å². The van der Waals surface area contributed by atoms with Gasteiger partial charge in [0.15, 0.2) is 0 Å². The Balaban J connectivity index is 1.99. The minimum Gasteiger partial charge on any atom is -0.381 e. The summed E-state index contributed by atoms with van der Waals surface area (Å²) in [5.41, 5.74) is 0.231. The van der Waals surface area contributed by atoms with E-state index in [1.54, 1.807) is 0 Å². The molecule has 0 bridgehead atoms. The van der Waals surface area contributed by atoms with Gasteiger partial charge in [0.2, 0.25) is 10.0 Å². The maximum atomic E-state index is 12.9. The SMILES string of the molecule is O=[N+]([O-])c1ccc(NC2CC=CC2)c(S(=O)(=O)N2CCCC2)c1. The summed E-state index contributed by atoms with van der Waals surface area (Å²) >= 11 is 0. The summed E-state index contributed by atoms with van der Waals surface area (Å²) in [6, 6.07) is 4.13. The number of sulfonamides is 1. The molecule has 1 aromatic rings. The summed E-state index contributed by atoms with van der Waals surface area (Å²) in [4.78, 5) is 10.5. The first kappa shape index (κ1) is 15.9. The van der Waals surface area contributed by atoms with Crippen LogP contribution in [0.5, 0.6) is 0 Å². The van der Waals surface area contributed by atoms with E-state index in [4.69, 9.17) is 0 Å². The highest BCUT2D eigenvalue weighted by Gasteiger charge is 2.31. The molecule has 0 aromatic heterocycles. The Kier molecular flexibility index (Phi) is 4.36. The fraction of sp³-hybridized carbons (Fsp3) is 0.467. The molecule has 1 saturated heterocycles. The molecule has 0 saturated carbocycles. The Bertz CT molecular complexity index is 731. The molecule has 1 fully saturated rings. The highest BCUT2D eigenvalue weighted by molar-refractivity contribution is 7.89. The summed E-state index contributed by atoms with van der Waals surface area (Å²) in [6.07, 6.45) is 7.36. The second-order valence-electron chi connectivity index (χ2n) is 5.83. The lowest BCUT2D eigenvalue weighted by Gasteiger charge is -2.21. The van der Waals surface area contributed by atoms with Crippen molar-refractivity contribution in [3.8, 4) is 0 Å². The molecular weight excluding hydrogens is 318 g/mol. The molecule has 1 aromatic carbocycles. The third kappa shape index (κ3) is 3.23. The van der Waals surface area contributed by atoms with Crippen molar-refractivity contribution in [2.75, 3.05) is 18.4 Å². The van der Waals surface area contributed by atoms with Crippen molar-refractivity contribution in [3.63, 3.8) is 0 Å². The topological polar surface area (TPSA) is 92.5 Å². The zero-order valence-electron chi connectivity index (χ0n) is 12.6. The van der Waals surface area contributed by atoms with Crippen LogP contribution in [0.1, 0.15) is 25.7 Å². The van der Waals surface area contributed by atoms with Gasteiger partial charge in [-0.2, -0.15) is 4.31 Å². The van der Waals surface area contributed by atoms with Crippen LogP contribution in [0, 0.1) is 10.1 Å². The second kappa shape index (κ2) is 6.29. The first-order valence-electron chi connectivity index (χ1n) is 7.68. The smallest absolute Gasteiger partial charge is 0.270 e. The van der Waals surface area contributed by atoms with E-state index >= 15 is 0 Å². The van der Waals surface area contributed by atoms with Gasteiger partial charge in [0, 0.05) is 31.3 Å². The van der Waals surface area contributed by atoms with Gasteiger partial charge in [0.25, 0.3) is 5.69 Å². The molecule has 124 valence electrons. The number of nitrogens with one attached hydrogen (secondary N) is 1. The van der Waals surface area contributed by atoms with Gasteiger partial charge >= 0.3 is 0 Å². The average Bonchev–Trinajstić information content (AvgIpc) is 3.20. The van der Waals surface area contributed by atoms with Crippen molar-refractivity contribution in [2.45, 2.75) is 36.6 Å². The van der Waals surface area contributed by atoms with Gasteiger partial charge in [-0.1, -0.05) is 12.2 Å². The van der Waals surface area contributed by atoms with Crippen LogP contribution in [0.15, 0.2) is 35.2 Å². The molecule has 8 heteroatoms. The first-order valence-corrected chi connectivity index (χ1v) is 9.12. The van der Waals surface area contributed by atoms with E-state index in [1.807, 2.05) is 12.2 Å². The van der Waals surface area contributed by atoms with E-state index in [0.717, 1.165) is 25.7 Å². The quantitative estimate of drug-likeness (QED) is 0.506. The Morgan fingerprint density at radius 3 is 2.43 bits per heavy atom. The summed E-state index contributed by atoms with van der Waals surface area (Å²) in [5, 5.41) is 14.2. The van der Waals surface area contributed by atoms with Gasteiger partial charge in [0.05, 0.1) is 10.6 Å². The van der Waals surface area contributed by atoms with Crippen LogP contribution in [-0.2, 0) is 10.0 Å². The molecule has 0 radical (unpaired) electrons. The number of anilines is 1. The van der Waals surface area contributed by atoms with Crippen molar-refractivity contribution in [3.05, 3.63) is 40.5 Å². The average molecular weight is 337 g/mol. The fourth-order valence-electron chi connectivity index (χ4n) is 2.98. The lowest BCUT2D eigenvalue weighted by Crippen LogP contribution is -2.29. The summed E-state index contributed by atoms with van der Waals surface area (Å²) in [5.74, 6) is 0. The first-order chi connectivity index (χ1) is 11.0. The van der Waals surface area contributed by atoms with Crippen molar-refractivity contribution in [2.24, 2.45) is 0 Å². The monoisotopic (exact) mass is 337 g/mol. The van der Waals surface area contributed by atoms with Crippen molar-refractivity contribution in [1.29, 1.82) is 0 Å². The Hall–Kier alpha value is -1.93. The third-order valence-electron chi connectivity index (χ3n) is 4.23. The van der Waals surface area contributed by atoms with Crippen molar-refractivity contribution >= 4 is 21.4 Å². The predicted molar refractivity (Wildman–Crippen MR) is 86.9 cm³/mol. The van der Waals surface area contributed by atoms with Gasteiger partial charge in [-0.25, -0.2) is 8.42 Å². The number of nitro groups is 1. The number of nitrogens with zero attached hydrogens (tertiary/aromatic N) is 2. The lowest BCUT2D eigenvalue weighted by molar-refractivity contribution is -0.385. The minimum absolute atomic E-state index is 0.000463. The van der Waals surface area contributed by atoms with E-state index in [-0.39, 0.29) is 16.6 Å². The van der Waals surface area contributed by atoms with E-state index in [0.29, 0.717) is 18.8 Å². The predicted octanol–water partition coefficient (Wildman–Crippen LogP) is 2.51. The van der Waals surface area contributed by atoms with Gasteiger partial charge in [-0.15, -0.1) is 0 Å². The molecule has 7 nitrogen and oxygen atoms in total. The molecule has 23 heavy (non-hydrogen) atoms. The molecule has 1 aliphatic carbocycles. The van der Waals surface area contributed by atoms with Crippen molar-refractivity contribution in [1.82, 2.24) is 4.31 Å². The van der Waals surface area contributed by atoms with Crippen LogP contribution in [0.3, 0.4) is 0 Å². The van der Waals surface area contributed by atoms with E-state index < -0.39 is 14.9 Å². The largest absolute Gasteiger partial charge is 0.381 e. The number of hydrogen-bond donors (Lipinski definition) is 1.